The molecule has 0 fully saturated rings. The quantitative estimate of drug-likeness (QED) is 0.726. The minimum absolute atomic E-state index is 0.104. The molecule has 0 atom stereocenters. The van der Waals surface area contributed by atoms with E-state index in [1.165, 1.54) is 29.2 Å². The van der Waals surface area contributed by atoms with Crippen LogP contribution in [0.3, 0.4) is 0 Å². The first-order valence-corrected chi connectivity index (χ1v) is 8.70. The molecule has 26 heavy (non-hydrogen) atoms. The van der Waals surface area contributed by atoms with E-state index in [0.717, 1.165) is 4.47 Å². The first-order valence-electron chi connectivity index (χ1n) is 7.91. The Hall–Kier alpha value is -2.61. The third-order valence-corrected chi connectivity index (χ3v) is 4.17. The molecule has 136 valence electrons. The number of hydrogen-bond acceptors (Lipinski definition) is 4. The number of carbonyl (C=O) groups is 2. The van der Waals surface area contributed by atoms with Crippen molar-refractivity contribution in [3.8, 4) is 11.5 Å². The van der Waals surface area contributed by atoms with Crippen molar-refractivity contribution >= 4 is 33.4 Å². The van der Waals surface area contributed by atoms with E-state index < -0.39 is 0 Å². The predicted molar refractivity (Wildman–Crippen MR) is 96.9 cm³/mol. The van der Waals surface area contributed by atoms with Crippen molar-refractivity contribution in [2.75, 3.05) is 31.2 Å². The molecule has 0 aromatic heterocycles. The highest BCUT2D eigenvalue weighted by molar-refractivity contribution is 9.10. The zero-order valence-electron chi connectivity index (χ0n) is 13.7. The molecule has 0 bridgehead atoms. The lowest BCUT2D eigenvalue weighted by Gasteiger charge is -2.29. The van der Waals surface area contributed by atoms with Crippen LogP contribution in [0, 0.1) is 5.82 Å². The minimum Gasteiger partial charge on any atom is -0.492 e. The summed E-state index contributed by atoms with van der Waals surface area (Å²) in [6.45, 7) is 0.289. The number of ether oxygens (including phenoxy) is 2. The van der Waals surface area contributed by atoms with E-state index in [1.54, 1.807) is 18.2 Å². The average molecular weight is 423 g/mol. The molecule has 2 aromatic rings. The molecule has 0 saturated heterocycles. The molecule has 0 radical (unpaired) electrons. The van der Waals surface area contributed by atoms with E-state index >= 15 is 0 Å². The zero-order chi connectivity index (χ0) is 18.5. The highest BCUT2D eigenvalue weighted by Crippen LogP contribution is 2.34. The number of nitrogens with one attached hydrogen (secondary N) is 1. The Morgan fingerprint density at radius 3 is 2.81 bits per heavy atom. The summed E-state index contributed by atoms with van der Waals surface area (Å²) < 4.78 is 24.4. The normalized spacial score (nSPS) is 13.0. The van der Waals surface area contributed by atoms with Gasteiger partial charge in [0, 0.05) is 4.47 Å². The van der Waals surface area contributed by atoms with E-state index in [1.807, 2.05) is 0 Å². The predicted octanol–water partition coefficient (Wildman–Crippen LogP) is 2.51. The second-order valence-electron chi connectivity index (χ2n) is 5.53. The van der Waals surface area contributed by atoms with Crippen molar-refractivity contribution in [3.63, 3.8) is 0 Å². The first-order chi connectivity index (χ1) is 12.5. The number of rotatable bonds is 6. The number of anilines is 1. The highest BCUT2D eigenvalue weighted by atomic mass is 79.9. The summed E-state index contributed by atoms with van der Waals surface area (Å²) in [5, 5.41) is 2.69. The molecule has 1 aliphatic heterocycles. The van der Waals surface area contributed by atoms with Crippen LogP contribution >= 0.6 is 15.9 Å². The molecule has 0 spiro atoms. The van der Waals surface area contributed by atoms with Crippen LogP contribution in [0.1, 0.15) is 0 Å². The summed E-state index contributed by atoms with van der Waals surface area (Å²) in [6.07, 6.45) is 0. The maximum Gasteiger partial charge on any atom is 0.265 e. The third kappa shape index (κ3) is 4.51. The minimum atomic E-state index is -0.340. The van der Waals surface area contributed by atoms with Gasteiger partial charge < -0.3 is 14.8 Å². The number of nitrogens with zero attached hydrogens (tertiary/aromatic N) is 1. The molecule has 6 nitrogen and oxygen atoms in total. The number of halogens is 2. The maximum atomic E-state index is 12.8. The Balaban J connectivity index is 1.50. The van der Waals surface area contributed by atoms with E-state index in [-0.39, 0.29) is 43.9 Å². The van der Waals surface area contributed by atoms with Gasteiger partial charge in [-0.25, -0.2) is 4.39 Å². The molecule has 2 amide bonds. The van der Waals surface area contributed by atoms with Crippen LogP contribution in [0.5, 0.6) is 11.5 Å². The van der Waals surface area contributed by atoms with Gasteiger partial charge in [-0.3, -0.25) is 14.5 Å². The van der Waals surface area contributed by atoms with Gasteiger partial charge in [-0.05, 0) is 42.5 Å². The number of amides is 2. The topological polar surface area (TPSA) is 67.9 Å². The molecule has 0 unspecified atom stereocenters. The summed E-state index contributed by atoms with van der Waals surface area (Å²) in [7, 11) is 0. The van der Waals surface area contributed by atoms with Crippen molar-refractivity contribution in [2.45, 2.75) is 0 Å². The smallest absolute Gasteiger partial charge is 0.265 e. The Morgan fingerprint density at radius 1 is 1.27 bits per heavy atom. The number of carbonyl (C=O) groups excluding carboxylic acids is 2. The molecule has 8 heteroatoms. The van der Waals surface area contributed by atoms with Gasteiger partial charge in [0.15, 0.2) is 6.61 Å². The van der Waals surface area contributed by atoms with E-state index in [4.69, 9.17) is 9.47 Å². The van der Waals surface area contributed by atoms with E-state index in [2.05, 4.69) is 21.2 Å². The fourth-order valence-electron chi connectivity index (χ4n) is 2.44. The van der Waals surface area contributed by atoms with Gasteiger partial charge in [-0.1, -0.05) is 15.9 Å². The van der Waals surface area contributed by atoms with Crippen molar-refractivity contribution in [1.29, 1.82) is 0 Å². The molecular weight excluding hydrogens is 407 g/mol. The van der Waals surface area contributed by atoms with Gasteiger partial charge in [0.1, 0.15) is 30.5 Å². The Morgan fingerprint density at radius 2 is 2.04 bits per heavy atom. The fraction of sp³-hybridized carbons (Fsp3) is 0.222. The molecule has 1 N–H and O–H groups in total. The van der Waals surface area contributed by atoms with E-state index in [9.17, 15) is 14.0 Å². The van der Waals surface area contributed by atoms with Crippen LogP contribution in [0.15, 0.2) is 46.9 Å². The van der Waals surface area contributed by atoms with Crippen LogP contribution in [0.25, 0.3) is 0 Å². The maximum absolute atomic E-state index is 12.8. The van der Waals surface area contributed by atoms with Gasteiger partial charge in [0.25, 0.3) is 5.91 Å². The average Bonchev–Trinajstić information content (AvgIpc) is 2.62. The number of fused-ring (bicyclic) bond motifs is 1. The van der Waals surface area contributed by atoms with Gasteiger partial charge in [0.05, 0.1) is 12.2 Å². The van der Waals surface area contributed by atoms with Crippen LogP contribution in [-0.4, -0.2) is 38.1 Å². The van der Waals surface area contributed by atoms with Crippen LogP contribution < -0.4 is 19.7 Å². The zero-order valence-corrected chi connectivity index (χ0v) is 15.3. The third-order valence-electron chi connectivity index (χ3n) is 3.67. The van der Waals surface area contributed by atoms with Crippen molar-refractivity contribution in [1.82, 2.24) is 5.32 Å². The SMILES string of the molecule is O=C(CN1C(=O)COc2cc(Br)ccc21)NCCOc1ccc(F)cc1. The van der Waals surface area contributed by atoms with Gasteiger partial charge >= 0.3 is 0 Å². The summed E-state index contributed by atoms with van der Waals surface area (Å²) in [4.78, 5) is 25.6. The van der Waals surface area contributed by atoms with Gasteiger partial charge in [0.2, 0.25) is 5.91 Å². The lowest BCUT2D eigenvalue weighted by Crippen LogP contribution is -2.45. The largest absolute Gasteiger partial charge is 0.492 e. The molecule has 1 aliphatic rings. The Labute approximate surface area is 158 Å². The second kappa shape index (κ2) is 8.18. The van der Waals surface area contributed by atoms with Gasteiger partial charge in [-0.15, -0.1) is 0 Å². The second-order valence-corrected chi connectivity index (χ2v) is 6.45. The van der Waals surface area contributed by atoms with Crippen LogP contribution in [0.4, 0.5) is 10.1 Å². The lowest BCUT2D eigenvalue weighted by atomic mass is 10.2. The summed E-state index contributed by atoms with van der Waals surface area (Å²) in [5.41, 5.74) is 0.558. The molecular formula is C18H16BrFN2O4. The van der Waals surface area contributed by atoms with E-state index in [0.29, 0.717) is 17.2 Å². The van der Waals surface area contributed by atoms with Crippen molar-refractivity contribution in [3.05, 3.63) is 52.8 Å². The number of benzene rings is 2. The van der Waals surface area contributed by atoms with Crippen LogP contribution in [0.2, 0.25) is 0 Å². The first kappa shape index (κ1) is 18.2. The van der Waals surface area contributed by atoms with Crippen LogP contribution in [-0.2, 0) is 9.59 Å². The molecule has 3 rings (SSSR count). The fourth-order valence-corrected chi connectivity index (χ4v) is 2.78. The number of hydrogen-bond donors (Lipinski definition) is 1. The Bertz CT molecular complexity index is 813. The van der Waals surface area contributed by atoms with Crippen molar-refractivity contribution < 1.29 is 23.5 Å². The summed E-state index contributed by atoms with van der Waals surface area (Å²) >= 11 is 3.34. The lowest BCUT2D eigenvalue weighted by molar-refractivity contribution is -0.125. The molecule has 2 aromatic carbocycles. The molecule has 0 aliphatic carbocycles. The Kier molecular flexibility index (Phi) is 5.72. The standard InChI is InChI=1S/C18H16BrFN2O4/c19-12-1-6-15-16(9-12)26-11-18(24)22(15)10-17(23)21-7-8-25-14-4-2-13(20)3-5-14/h1-6,9H,7-8,10-11H2,(H,21,23). The summed E-state index contributed by atoms with van der Waals surface area (Å²) in [6, 6.07) is 10.9. The molecule has 0 saturated carbocycles. The highest BCUT2D eigenvalue weighted by Gasteiger charge is 2.27. The monoisotopic (exact) mass is 422 g/mol. The van der Waals surface area contributed by atoms with Crippen molar-refractivity contribution in [2.24, 2.45) is 0 Å². The molecule has 1 heterocycles. The van der Waals surface area contributed by atoms with Gasteiger partial charge in [-0.2, -0.15) is 0 Å². The summed E-state index contributed by atoms with van der Waals surface area (Å²) in [5.74, 6) is 0.137.